The van der Waals surface area contributed by atoms with Gasteiger partial charge in [0.2, 0.25) is 0 Å². The number of benzene rings is 1. The van der Waals surface area contributed by atoms with Gasteiger partial charge in [0, 0.05) is 11.6 Å². The molecule has 1 N–H and O–H groups in total. The van der Waals surface area contributed by atoms with Crippen molar-refractivity contribution in [2.45, 2.75) is 46.0 Å². The standard InChI is InChI=1S/C17H26ClN/c1-14(2)12-19-13-17(8-3-4-9-17)11-15-6-5-7-16(18)10-15/h5-7,10,14,19H,3-4,8-9,11-13H2,1-2H3. The predicted octanol–water partition coefficient (Wildman–Crippen LogP) is 4.69. The molecule has 0 bridgehead atoms. The first kappa shape index (κ1) is 14.9. The molecule has 0 aliphatic heterocycles. The molecule has 0 atom stereocenters. The Morgan fingerprint density at radius 1 is 1.26 bits per heavy atom. The molecule has 1 aromatic rings. The van der Waals surface area contributed by atoms with Crippen LogP contribution >= 0.6 is 11.6 Å². The molecule has 1 aromatic carbocycles. The Bertz CT molecular complexity index is 394. The molecule has 1 fully saturated rings. The fourth-order valence-electron chi connectivity index (χ4n) is 3.25. The van der Waals surface area contributed by atoms with Gasteiger partial charge in [-0.3, -0.25) is 0 Å². The van der Waals surface area contributed by atoms with Crippen molar-refractivity contribution in [1.29, 1.82) is 0 Å². The molecule has 1 aliphatic rings. The summed E-state index contributed by atoms with van der Waals surface area (Å²) in [6.45, 7) is 6.81. The van der Waals surface area contributed by atoms with Crippen molar-refractivity contribution in [3.63, 3.8) is 0 Å². The molecule has 106 valence electrons. The van der Waals surface area contributed by atoms with E-state index in [2.05, 4.69) is 37.4 Å². The van der Waals surface area contributed by atoms with E-state index in [4.69, 9.17) is 11.6 Å². The van der Waals surface area contributed by atoms with Gasteiger partial charge < -0.3 is 5.32 Å². The highest BCUT2D eigenvalue weighted by atomic mass is 35.5. The van der Waals surface area contributed by atoms with Crippen molar-refractivity contribution in [2.24, 2.45) is 11.3 Å². The summed E-state index contributed by atoms with van der Waals surface area (Å²) in [5, 5.41) is 4.53. The van der Waals surface area contributed by atoms with E-state index in [0.29, 0.717) is 5.41 Å². The van der Waals surface area contributed by atoms with Gasteiger partial charge in [0.05, 0.1) is 0 Å². The van der Waals surface area contributed by atoms with Gasteiger partial charge in [-0.05, 0) is 54.8 Å². The largest absolute Gasteiger partial charge is 0.316 e. The normalized spacial score (nSPS) is 18.1. The van der Waals surface area contributed by atoms with E-state index in [1.807, 2.05) is 6.07 Å². The van der Waals surface area contributed by atoms with Gasteiger partial charge in [-0.15, -0.1) is 0 Å². The van der Waals surface area contributed by atoms with Crippen LogP contribution in [0.2, 0.25) is 5.02 Å². The zero-order chi connectivity index (χ0) is 13.7. The van der Waals surface area contributed by atoms with Gasteiger partial charge in [0.15, 0.2) is 0 Å². The minimum absolute atomic E-state index is 0.458. The van der Waals surface area contributed by atoms with Crippen molar-refractivity contribution < 1.29 is 0 Å². The monoisotopic (exact) mass is 279 g/mol. The van der Waals surface area contributed by atoms with Crippen molar-refractivity contribution in [2.75, 3.05) is 13.1 Å². The highest BCUT2D eigenvalue weighted by Crippen LogP contribution is 2.40. The zero-order valence-corrected chi connectivity index (χ0v) is 13.0. The summed E-state index contributed by atoms with van der Waals surface area (Å²) in [7, 11) is 0. The molecule has 1 nitrogen and oxygen atoms in total. The Morgan fingerprint density at radius 2 is 2.00 bits per heavy atom. The molecular weight excluding hydrogens is 254 g/mol. The van der Waals surface area contributed by atoms with Gasteiger partial charge in [-0.1, -0.05) is 50.4 Å². The van der Waals surface area contributed by atoms with Crippen LogP contribution in [0.25, 0.3) is 0 Å². The highest BCUT2D eigenvalue weighted by Gasteiger charge is 2.33. The van der Waals surface area contributed by atoms with Crippen LogP contribution in [0.3, 0.4) is 0 Å². The maximum atomic E-state index is 6.11. The lowest BCUT2D eigenvalue weighted by Gasteiger charge is -2.30. The third-order valence-electron chi connectivity index (χ3n) is 4.18. The molecule has 1 saturated carbocycles. The maximum absolute atomic E-state index is 6.11. The Kier molecular flexibility index (Phi) is 5.29. The molecule has 2 heteroatoms. The molecule has 0 spiro atoms. The van der Waals surface area contributed by atoms with Crippen LogP contribution in [0.5, 0.6) is 0 Å². The first-order valence-electron chi connectivity index (χ1n) is 7.55. The molecular formula is C17H26ClN. The van der Waals surface area contributed by atoms with Crippen LogP contribution in [0, 0.1) is 11.3 Å². The lowest BCUT2D eigenvalue weighted by molar-refractivity contribution is 0.273. The summed E-state index contributed by atoms with van der Waals surface area (Å²) in [5.41, 5.74) is 1.85. The van der Waals surface area contributed by atoms with E-state index in [1.165, 1.54) is 37.7 Å². The highest BCUT2D eigenvalue weighted by molar-refractivity contribution is 6.30. The molecule has 1 aliphatic carbocycles. The number of halogens is 1. The minimum Gasteiger partial charge on any atom is -0.316 e. The molecule has 0 aromatic heterocycles. The molecule has 0 heterocycles. The Labute approximate surface area is 122 Å². The molecule has 0 saturated heterocycles. The Balaban J connectivity index is 1.99. The minimum atomic E-state index is 0.458. The summed E-state index contributed by atoms with van der Waals surface area (Å²) >= 11 is 6.11. The zero-order valence-electron chi connectivity index (χ0n) is 12.2. The maximum Gasteiger partial charge on any atom is 0.0408 e. The van der Waals surface area contributed by atoms with E-state index in [9.17, 15) is 0 Å². The topological polar surface area (TPSA) is 12.0 Å². The van der Waals surface area contributed by atoms with E-state index in [0.717, 1.165) is 24.0 Å². The van der Waals surface area contributed by atoms with Gasteiger partial charge in [0.25, 0.3) is 0 Å². The van der Waals surface area contributed by atoms with Crippen LogP contribution in [0.4, 0.5) is 0 Å². The second-order valence-corrected chi connectivity index (χ2v) is 6.97. The molecule has 2 rings (SSSR count). The molecule has 0 amide bonds. The summed E-state index contributed by atoms with van der Waals surface area (Å²) in [6.07, 6.45) is 6.63. The fraction of sp³-hybridized carbons (Fsp3) is 0.647. The van der Waals surface area contributed by atoms with Crippen molar-refractivity contribution >= 4 is 11.6 Å². The number of nitrogens with one attached hydrogen (secondary N) is 1. The van der Waals surface area contributed by atoms with Crippen molar-refractivity contribution in [3.8, 4) is 0 Å². The van der Waals surface area contributed by atoms with E-state index in [1.54, 1.807) is 0 Å². The van der Waals surface area contributed by atoms with Crippen LogP contribution in [0.1, 0.15) is 45.1 Å². The summed E-state index contributed by atoms with van der Waals surface area (Å²) in [6, 6.07) is 8.38. The lowest BCUT2D eigenvalue weighted by atomic mass is 9.80. The third kappa shape index (κ3) is 4.50. The average Bonchev–Trinajstić information content (AvgIpc) is 2.77. The SMILES string of the molecule is CC(C)CNCC1(Cc2cccc(Cl)c2)CCCC1. The van der Waals surface area contributed by atoms with Crippen molar-refractivity contribution in [1.82, 2.24) is 5.32 Å². The van der Waals surface area contributed by atoms with Gasteiger partial charge >= 0.3 is 0 Å². The first-order chi connectivity index (χ1) is 9.10. The van der Waals surface area contributed by atoms with E-state index in [-0.39, 0.29) is 0 Å². The van der Waals surface area contributed by atoms with Crippen LogP contribution in [-0.4, -0.2) is 13.1 Å². The third-order valence-corrected chi connectivity index (χ3v) is 4.42. The van der Waals surface area contributed by atoms with Crippen LogP contribution in [0.15, 0.2) is 24.3 Å². The summed E-state index contributed by atoms with van der Waals surface area (Å²) < 4.78 is 0. The fourth-order valence-corrected chi connectivity index (χ4v) is 3.46. The molecule has 0 unspecified atom stereocenters. The second kappa shape index (κ2) is 6.76. The summed E-state index contributed by atoms with van der Waals surface area (Å²) in [4.78, 5) is 0. The second-order valence-electron chi connectivity index (χ2n) is 6.54. The average molecular weight is 280 g/mol. The van der Waals surface area contributed by atoms with Gasteiger partial charge in [-0.2, -0.15) is 0 Å². The quantitative estimate of drug-likeness (QED) is 0.797. The predicted molar refractivity (Wildman–Crippen MR) is 83.8 cm³/mol. The lowest BCUT2D eigenvalue weighted by Crippen LogP contribution is -2.35. The molecule has 19 heavy (non-hydrogen) atoms. The number of hydrogen-bond donors (Lipinski definition) is 1. The number of hydrogen-bond acceptors (Lipinski definition) is 1. The van der Waals surface area contributed by atoms with E-state index >= 15 is 0 Å². The first-order valence-corrected chi connectivity index (χ1v) is 7.93. The van der Waals surface area contributed by atoms with Crippen LogP contribution in [-0.2, 0) is 6.42 Å². The number of rotatable bonds is 6. The van der Waals surface area contributed by atoms with Crippen LogP contribution < -0.4 is 5.32 Å². The van der Waals surface area contributed by atoms with E-state index < -0.39 is 0 Å². The van der Waals surface area contributed by atoms with Crippen molar-refractivity contribution in [3.05, 3.63) is 34.9 Å². The molecule has 0 radical (unpaired) electrons. The Morgan fingerprint density at radius 3 is 2.63 bits per heavy atom. The van der Waals surface area contributed by atoms with Gasteiger partial charge in [0.1, 0.15) is 0 Å². The van der Waals surface area contributed by atoms with Gasteiger partial charge in [-0.25, -0.2) is 0 Å². The smallest absolute Gasteiger partial charge is 0.0408 e. The summed E-state index contributed by atoms with van der Waals surface area (Å²) in [5.74, 6) is 0.727. The Hall–Kier alpha value is -0.530.